The number of phenols is 1. The molecule has 0 spiro atoms. The number of nitrogens with one attached hydrogen (secondary N) is 2. The normalized spacial score (nSPS) is 27.8. The number of ketones is 2. The smallest absolute Gasteiger partial charge is 0.261 e. The van der Waals surface area contributed by atoms with Gasteiger partial charge in [-0.2, -0.15) is 8.42 Å². The van der Waals surface area contributed by atoms with Crippen LogP contribution in [0.3, 0.4) is 0 Å². The predicted molar refractivity (Wildman–Crippen MR) is 159 cm³/mol. The van der Waals surface area contributed by atoms with Crippen molar-refractivity contribution in [3.05, 3.63) is 46.2 Å². The Balaban J connectivity index is 0.00000107. The van der Waals surface area contributed by atoms with Crippen LogP contribution in [0, 0.1) is 11.8 Å². The largest absolute Gasteiger partial charge is 0.508 e. The fourth-order valence-electron chi connectivity index (χ4n) is 6.20. The van der Waals surface area contributed by atoms with E-state index in [2.05, 4.69) is 10.6 Å². The maximum atomic E-state index is 14.0. The van der Waals surface area contributed by atoms with Gasteiger partial charge in [-0.3, -0.25) is 29.2 Å². The molecule has 256 valence electrons. The number of aromatic hydroxyl groups is 1. The zero-order valence-corrected chi connectivity index (χ0v) is 26.2. The van der Waals surface area contributed by atoms with E-state index < -0.39 is 117 Å². The van der Waals surface area contributed by atoms with Crippen LogP contribution in [-0.4, -0.2) is 140 Å². The van der Waals surface area contributed by atoms with Crippen LogP contribution < -0.4 is 10.6 Å². The van der Waals surface area contributed by atoms with Gasteiger partial charge in [0.15, 0.2) is 11.4 Å². The van der Waals surface area contributed by atoms with E-state index in [1.807, 2.05) is 0 Å². The van der Waals surface area contributed by atoms with Crippen LogP contribution >= 0.6 is 0 Å². The Bertz CT molecular complexity index is 1560. The van der Waals surface area contributed by atoms with Gasteiger partial charge in [0.05, 0.1) is 55.5 Å². The van der Waals surface area contributed by atoms with Crippen molar-refractivity contribution in [1.29, 1.82) is 0 Å². The second-order valence-corrected chi connectivity index (χ2v) is 13.4. The number of hydrogen-bond acceptors (Lipinski definition) is 15. The van der Waals surface area contributed by atoms with E-state index >= 15 is 0 Å². The molecule has 3 aliphatic carbocycles. The number of fused-ring (bicyclic) bond motifs is 3. The van der Waals surface area contributed by atoms with Crippen molar-refractivity contribution in [2.45, 2.75) is 36.1 Å². The Labute approximate surface area is 263 Å². The maximum absolute atomic E-state index is 14.0. The number of phenolic OH excluding ortho intramolecular Hbond substituents is 1. The van der Waals surface area contributed by atoms with Crippen molar-refractivity contribution >= 4 is 33.4 Å². The standard InChI is InChI=1S/C27H35N3O11.CH4O3S/c1-25(40)12-5-4-6-15(34)16(12)20(35)17-13(25)7-14-19(30(2)3)21(36)18(23(38)27(14,41)22(17)37)24(39)28-11-29-26(8-31,9-32)10-33;1-5(2,3)4/h4-6,13-14,19,29,31-35,38,40-41H,7-11H2,1-3H3,(H,28,39);1H3,(H,2,3,4). The minimum absolute atomic E-state index is 0.127. The number of likely N-dealkylation sites (N-methyl/N-ethyl adjacent to an activating group) is 1. The summed E-state index contributed by atoms with van der Waals surface area (Å²) in [6.45, 7) is -1.24. The van der Waals surface area contributed by atoms with Gasteiger partial charge in [0.25, 0.3) is 16.0 Å². The van der Waals surface area contributed by atoms with Crippen molar-refractivity contribution in [3.63, 3.8) is 0 Å². The highest BCUT2D eigenvalue weighted by atomic mass is 32.2. The topological polar surface area (TPSA) is 295 Å². The first kappa shape index (κ1) is 37.0. The summed E-state index contributed by atoms with van der Waals surface area (Å²) in [5.41, 5.74) is -7.77. The van der Waals surface area contributed by atoms with Crippen LogP contribution in [0.2, 0.25) is 0 Å². The maximum Gasteiger partial charge on any atom is 0.261 e. The minimum atomic E-state index is -3.67. The molecule has 0 aliphatic heterocycles. The van der Waals surface area contributed by atoms with Crippen LogP contribution in [-0.2, 0) is 30.1 Å². The van der Waals surface area contributed by atoms with E-state index in [0.717, 1.165) is 0 Å². The summed E-state index contributed by atoms with van der Waals surface area (Å²) in [6.07, 6.45) is 0.442. The number of carbonyl (C=O) groups excluding carboxylic acids is 3. The van der Waals surface area contributed by atoms with Gasteiger partial charge in [0.1, 0.15) is 22.8 Å². The van der Waals surface area contributed by atoms with Crippen molar-refractivity contribution in [2.24, 2.45) is 11.8 Å². The molecule has 1 aromatic rings. The van der Waals surface area contributed by atoms with Crippen LogP contribution in [0.25, 0.3) is 5.76 Å². The van der Waals surface area contributed by atoms with E-state index in [1.54, 1.807) is 0 Å². The number of benzene rings is 1. The molecule has 4 rings (SSSR count). The Morgan fingerprint density at radius 2 is 1.61 bits per heavy atom. The molecule has 0 saturated heterocycles. The summed E-state index contributed by atoms with van der Waals surface area (Å²) < 4.78 is 25.9. The van der Waals surface area contributed by atoms with Gasteiger partial charge >= 0.3 is 0 Å². The third kappa shape index (κ3) is 6.27. The molecule has 5 unspecified atom stereocenters. The minimum Gasteiger partial charge on any atom is -0.508 e. The number of rotatable bonds is 8. The lowest BCUT2D eigenvalue weighted by Gasteiger charge is -2.53. The quantitative estimate of drug-likeness (QED) is 0.0746. The lowest BCUT2D eigenvalue weighted by atomic mass is 9.54. The van der Waals surface area contributed by atoms with Crippen LogP contribution in [0.1, 0.15) is 24.5 Å². The van der Waals surface area contributed by atoms with E-state index in [0.29, 0.717) is 6.26 Å². The second kappa shape index (κ2) is 13.0. The van der Waals surface area contributed by atoms with Crippen molar-refractivity contribution in [3.8, 4) is 5.75 Å². The molecule has 1 aromatic carbocycles. The first-order chi connectivity index (χ1) is 21.1. The lowest BCUT2D eigenvalue weighted by molar-refractivity contribution is -0.159. The molecular formula is C28H39N3O14S. The van der Waals surface area contributed by atoms with Gasteiger partial charge in [-0.1, -0.05) is 12.1 Å². The molecule has 0 radical (unpaired) electrons. The fourth-order valence-corrected chi connectivity index (χ4v) is 6.20. The monoisotopic (exact) mass is 673 g/mol. The second-order valence-electron chi connectivity index (χ2n) is 11.9. The summed E-state index contributed by atoms with van der Waals surface area (Å²) in [6, 6.07) is 2.83. The third-order valence-electron chi connectivity index (χ3n) is 8.62. The Morgan fingerprint density at radius 1 is 1.07 bits per heavy atom. The SMILES string of the molecule is CN(C)C1C(=O)C(C(=O)NCNC(CO)(CO)CO)=C(O)C2(O)C(=O)C3=C(O)c4c(O)cccc4C(C)(O)C3CC12.CS(=O)(=O)O. The average molecular weight is 674 g/mol. The first-order valence-electron chi connectivity index (χ1n) is 13.8. The summed E-state index contributed by atoms with van der Waals surface area (Å²) in [5, 5.41) is 89.5. The molecule has 1 fully saturated rings. The highest BCUT2D eigenvalue weighted by Crippen LogP contribution is 2.57. The van der Waals surface area contributed by atoms with Crippen LogP contribution in [0.4, 0.5) is 0 Å². The molecule has 1 amide bonds. The molecule has 0 aromatic heterocycles. The van der Waals surface area contributed by atoms with Crippen molar-refractivity contribution in [2.75, 3.05) is 46.8 Å². The molecule has 46 heavy (non-hydrogen) atoms. The molecule has 0 bridgehead atoms. The Kier molecular flexibility index (Phi) is 10.4. The van der Waals surface area contributed by atoms with Crippen molar-refractivity contribution in [1.82, 2.24) is 15.5 Å². The number of aliphatic hydroxyl groups excluding tert-OH is 5. The van der Waals surface area contributed by atoms with Crippen LogP contribution in [0.5, 0.6) is 5.75 Å². The summed E-state index contributed by atoms with van der Waals surface area (Å²) >= 11 is 0. The number of amides is 1. The summed E-state index contributed by atoms with van der Waals surface area (Å²) in [7, 11) is -0.722. The molecule has 1 saturated carbocycles. The van der Waals surface area contributed by atoms with Gasteiger partial charge in [0, 0.05) is 17.4 Å². The van der Waals surface area contributed by atoms with Crippen molar-refractivity contribution < 1.29 is 68.2 Å². The summed E-state index contributed by atoms with van der Waals surface area (Å²) in [4.78, 5) is 42.2. The molecular weight excluding hydrogens is 634 g/mol. The van der Waals surface area contributed by atoms with Gasteiger partial charge in [0.2, 0.25) is 5.78 Å². The molecule has 0 heterocycles. The Hall–Kier alpha value is -3.46. The van der Waals surface area contributed by atoms with E-state index in [4.69, 9.17) is 4.55 Å². The zero-order chi connectivity index (χ0) is 35.2. The van der Waals surface area contributed by atoms with E-state index in [9.17, 15) is 63.7 Å². The molecule has 3 aliphatic rings. The third-order valence-corrected chi connectivity index (χ3v) is 8.62. The lowest BCUT2D eigenvalue weighted by Crippen LogP contribution is -2.67. The number of nitrogens with zero attached hydrogens (tertiary/aromatic N) is 1. The first-order valence-corrected chi connectivity index (χ1v) is 15.7. The predicted octanol–water partition coefficient (Wildman–Crippen LogP) is -2.97. The summed E-state index contributed by atoms with van der Waals surface area (Å²) in [5.74, 6) is -8.26. The zero-order valence-electron chi connectivity index (χ0n) is 25.4. The van der Waals surface area contributed by atoms with Gasteiger partial charge in [-0.15, -0.1) is 0 Å². The highest BCUT2D eigenvalue weighted by Gasteiger charge is 2.66. The van der Waals surface area contributed by atoms with E-state index in [-0.39, 0.29) is 17.5 Å². The van der Waals surface area contributed by atoms with Gasteiger partial charge < -0.3 is 46.2 Å². The van der Waals surface area contributed by atoms with Gasteiger partial charge in [-0.25, -0.2) is 0 Å². The number of Topliss-reactive ketones (excluding diaryl/α,β-unsaturated/α-hetero) is 2. The fraction of sp³-hybridized carbons (Fsp3) is 0.536. The molecule has 17 nitrogen and oxygen atoms in total. The number of aliphatic hydroxyl groups is 7. The van der Waals surface area contributed by atoms with Crippen LogP contribution in [0.15, 0.2) is 35.1 Å². The Morgan fingerprint density at radius 3 is 2.11 bits per heavy atom. The number of hydrogen-bond donors (Lipinski definition) is 11. The average Bonchev–Trinajstić information content (AvgIpc) is 2.95. The van der Waals surface area contributed by atoms with E-state index in [1.165, 1.54) is 44.1 Å². The highest BCUT2D eigenvalue weighted by molar-refractivity contribution is 7.85. The number of carbonyl (C=O) groups is 3. The molecule has 18 heteroatoms. The molecule has 5 atom stereocenters. The molecule has 11 N–H and O–H groups in total. The van der Waals surface area contributed by atoms with Gasteiger partial charge in [-0.05, 0) is 39.1 Å².